The average molecular weight is 364 g/mol. The van der Waals surface area contributed by atoms with Crippen LogP contribution in [0.4, 0.5) is 0 Å². The fourth-order valence-corrected chi connectivity index (χ4v) is 3.63. The zero-order chi connectivity index (χ0) is 18.8. The van der Waals surface area contributed by atoms with Gasteiger partial charge in [0.05, 0.1) is 12.0 Å². The minimum atomic E-state index is -3.63. The molecule has 0 saturated heterocycles. The third-order valence-corrected chi connectivity index (χ3v) is 4.99. The summed E-state index contributed by atoms with van der Waals surface area (Å²) < 4.78 is 32.1. The summed E-state index contributed by atoms with van der Waals surface area (Å²) in [5.41, 5.74) is 0.540. The molecule has 2 rings (SSSR count). The molecule has 7 nitrogen and oxygen atoms in total. The molecule has 134 valence electrons. The van der Waals surface area contributed by atoms with Crippen molar-refractivity contribution in [1.29, 1.82) is 0 Å². The number of hydrogen-bond acceptors (Lipinski definition) is 5. The van der Waals surface area contributed by atoms with Crippen molar-refractivity contribution in [2.24, 2.45) is 0 Å². The Bertz CT molecular complexity index is 884. The molecule has 1 aromatic heterocycles. The molecule has 25 heavy (non-hydrogen) atoms. The first-order chi connectivity index (χ1) is 11.5. The van der Waals surface area contributed by atoms with Gasteiger partial charge in [-0.25, -0.2) is 22.9 Å². The fourth-order valence-electron chi connectivity index (χ4n) is 2.21. The second-order valence-electron chi connectivity index (χ2n) is 6.47. The van der Waals surface area contributed by atoms with Crippen LogP contribution in [0.15, 0.2) is 41.4 Å². The highest BCUT2D eigenvalue weighted by Crippen LogP contribution is 2.25. The minimum absolute atomic E-state index is 0.0184. The molecule has 0 unspecified atom stereocenters. The molecule has 0 aliphatic rings. The largest absolute Gasteiger partial charge is 0.480 e. The quantitative estimate of drug-likeness (QED) is 0.844. The molecule has 2 aromatic rings. The number of rotatable bonds is 5. The number of nitrogens with one attached hydrogen (secondary N) is 1. The lowest BCUT2D eigenvalue weighted by Gasteiger charge is -2.20. The van der Waals surface area contributed by atoms with E-state index in [1.54, 1.807) is 32.9 Å². The number of carbonyl (C=O) groups is 1. The van der Waals surface area contributed by atoms with Crippen molar-refractivity contribution in [2.45, 2.75) is 31.2 Å². The highest BCUT2D eigenvalue weighted by molar-refractivity contribution is 7.89. The van der Waals surface area contributed by atoms with E-state index in [9.17, 15) is 18.3 Å². The molecule has 0 atom stereocenters. The van der Waals surface area contributed by atoms with Crippen LogP contribution in [0.5, 0.6) is 5.88 Å². The SMILES string of the molecule is COc1ncc(-c2ccc(S(=O)(=O)NC(C)(C)C)cc2)cc1C(=O)O. The van der Waals surface area contributed by atoms with Crippen LogP contribution in [0.25, 0.3) is 11.1 Å². The summed E-state index contributed by atoms with van der Waals surface area (Å²) in [7, 11) is -2.29. The van der Waals surface area contributed by atoms with Gasteiger partial charge < -0.3 is 9.84 Å². The van der Waals surface area contributed by atoms with Crippen LogP contribution in [0, 0.1) is 0 Å². The summed E-state index contributed by atoms with van der Waals surface area (Å²) >= 11 is 0. The molecule has 2 N–H and O–H groups in total. The Morgan fingerprint density at radius 3 is 2.24 bits per heavy atom. The standard InChI is InChI=1S/C17H20N2O5S/c1-17(2,3)19-25(22,23)13-7-5-11(6-8-13)12-9-14(16(20)21)15(24-4)18-10-12/h5-10,19H,1-4H3,(H,20,21). The zero-order valence-electron chi connectivity index (χ0n) is 14.4. The van der Waals surface area contributed by atoms with Crippen molar-refractivity contribution >= 4 is 16.0 Å². The lowest BCUT2D eigenvalue weighted by atomic mass is 10.1. The Hall–Kier alpha value is -2.45. The van der Waals surface area contributed by atoms with Gasteiger partial charge in [0.25, 0.3) is 0 Å². The second-order valence-corrected chi connectivity index (χ2v) is 8.15. The van der Waals surface area contributed by atoms with Crippen LogP contribution in [0.1, 0.15) is 31.1 Å². The number of methoxy groups -OCH3 is 1. The number of carboxylic acid groups (broad SMARTS) is 1. The van der Waals surface area contributed by atoms with E-state index >= 15 is 0 Å². The van der Waals surface area contributed by atoms with Gasteiger partial charge in [-0.2, -0.15) is 0 Å². The van der Waals surface area contributed by atoms with Gasteiger partial charge in [-0.05, 0) is 44.5 Å². The molecule has 8 heteroatoms. The maximum absolute atomic E-state index is 12.3. The van der Waals surface area contributed by atoms with Crippen molar-refractivity contribution in [3.8, 4) is 17.0 Å². The maximum atomic E-state index is 12.3. The molecule has 0 amide bonds. The van der Waals surface area contributed by atoms with Gasteiger partial charge in [-0.1, -0.05) is 12.1 Å². The number of aromatic nitrogens is 1. The van der Waals surface area contributed by atoms with E-state index < -0.39 is 21.5 Å². The van der Waals surface area contributed by atoms with Crippen LogP contribution >= 0.6 is 0 Å². The van der Waals surface area contributed by atoms with E-state index in [0.717, 1.165) is 0 Å². The van der Waals surface area contributed by atoms with E-state index in [2.05, 4.69) is 9.71 Å². The van der Waals surface area contributed by atoms with E-state index in [0.29, 0.717) is 11.1 Å². The third kappa shape index (κ3) is 4.55. The van der Waals surface area contributed by atoms with Gasteiger partial charge in [-0.3, -0.25) is 0 Å². The van der Waals surface area contributed by atoms with E-state index in [1.165, 1.54) is 31.5 Å². The molecule has 0 radical (unpaired) electrons. The molecule has 0 aliphatic heterocycles. The summed E-state index contributed by atoms with van der Waals surface area (Å²) in [5, 5.41) is 9.22. The molecule has 1 heterocycles. The van der Waals surface area contributed by atoms with E-state index in [-0.39, 0.29) is 16.3 Å². The van der Waals surface area contributed by atoms with Crippen molar-refractivity contribution in [2.75, 3.05) is 7.11 Å². The molecule has 0 spiro atoms. The minimum Gasteiger partial charge on any atom is -0.480 e. The molecular weight excluding hydrogens is 344 g/mol. The predicted octanol–water partition coefficient (Wildman–Crippen LogP) is 2.53. The summed E-state index contributed by atoms with van der Waals surface area (Å²) in [6, 6.07) is 7.58. The van der Waals surface area contributed by atoms with Gasteiger partial charge in [0.2, 0.25) is 15.9 Å². The molecule has 0 aliphatic carbocycles. The lowest BCUT2D eigenvalue weighted by molar-refractivity contribution is 0.0692. The van der Waals surface area contributed by atoms with Crippen molar-refractivity contribution in [3.05, 3.63) is 42.1 Å². The first kappa shape index (κ1) is 18.9. The highest BCUT2D eigenvalue weighted by atomic mass is 32.2. The summed E-state index contributed by atoms with van der Waals surface area (Å²) in [6.45, 7) is 5.28. The fraction of sp³-hybridized carbons (Fsp3) is 0.294. The summed E-state index contributed by atoms with van der Waals surface area (Å²) in [4.78, 5) is 15.4. The number of sulfonamides is 1. The van der Waals surface area contributed by atoms with Crippen LogP contribution < -0.4 is 9.46 Å². The number of hydrogen-bond donors (Lipinski definition) is 2. The van der Waals surface area contributed by atoms with Gasteiger partial charge in [0.15, 0.2) is 0 Å². The Labute approximate surface area is 146 Å². The smallest absolute Gasteiger partial charge is 0.341 e. The van der Waals surface area contributed by atoms with E-state index in [4.69, 9.17) is 4.74 Å². The average Bonchev–Trinajstić information content (AvgIpc) is 2.52. The Kier molecular flexibility index (Phi) is 5.15. The van der Waals surface area contributed by atoms with Gasteiger partial charge in [-0.15, -0.1) is 0 Å². The topological polar surface area (TPSA) is 106 Å². The van der Waals surface area contributed by atoms with Gasteiger partial charge >= 0.3 is 5.97 Å². The predicted molar refractivity (Wildman–Crippen MR) is 93.3 cm³/mol. The number of benzene rings is 1. The first-order valence-corrected chi connectivity index (χ1v) is 8.93. The number of carboxylic acids is 1. The van der Waals surface area contributed by atoms with Crippen LogP contribution in [0.2, 0.25) is 0 Å². The van der Waals surface area contributed by atoms with Gasteiger partial charge in [0.1, 0.15) is 5.56 Å². The molecule has 1 aromatic carbocycles. The zero-order valence-corrected chi connectivity index (χ0v) is 15.2. The first-order valence-electron chi connectivity index (χ1n) is 7.45. The Morgan fingerprint density at radius 2 is 1.76 bits per heavy atom. The number of nitrogens with zero attached hydrogens (tertiary/aromatic N) is 1. The Balaban J connectivity index is 2.38. The normalized spacial score (nSPS) is 12.0. The Morgan fingerprint density at radius 1 is 1.16 bits per heavy atom. The van der Waals surface area contributed by atoms with Crippen LogP contribution in [-0.4, -0.2) is 37.1 Å². The monoisotopic (exact) mass is 364 g/mol. The number of pyridine rings is 1. The van der Waals surface area contributed by atoms with Crippen LogP contribution in [-0.2, 0) is 10.0 Å². The third-order valence-electron chi connectivity index (χ3n) is 3.21. The van der Waals surface area contributed by atoms with Crippen molar-refractivity contribution in [3.63, 3.8) is 0 Å². The van der Waals surface area contributed by atoms with Crippen molar-refractivity contribution in [1.82, 2.24) is 9.71 Å². The van der Waals surface area contributed by atoms with Crippen LogP contribution in [0.3, 0.4) is 0 Å². The lowest BCUT2D eigenvalue weighted by Crippen LogP contribution is -2.40. The molecule has 0 fully saturated rings. The molecule has 0 bridgehead atoms. The summed E-state index contributed by atoms with van der Waals surface area (Å²) in [6.07, 6.45) is 1.47. The molecule has 0 saturated carbocycles. The molecular formula is C17H20N2O5S. The van der Waals surface area contributed by atoms with Gasteiger partial charge in [0, 0.05) is 17.3 Å². The van der Waals surface area contributed by atoms with Crippen molar-refractivity contribution < 1.29 is 23.1 Å². The summed E-state index contributed by atoms with van der Waals surface area (Å²) in [5.74, 6) is -1.13. The maximum Gasteiger partial charge on any atom is 0.341 e. The second kappa shape index (κ2) is 6.81. The number of aromatic carboxylic acids is 1. The highest BCUT2D eigenvalue weighted by Gasteiger charge is 2.22. The number of ether oxygens (including phenoxy) is 1. The van der Waals surface area contributed by atoms with E-state index in [1.807, 2.05) is 0 Å².